The molecular formula is C27H33N5O4. The van der Waals surface area contributed by atoms with Crippen LogP contribution in [0, 0.1) is 11.3 Å². The molecule has 0 aliphatic carbocycles. The van der Waals surface area contributed by atoms with Gasteiger partial charge in [-0.2, -0.15) is 5.26 Å². The number of nitrogens with zero attached hydrogens (tertiary/aromatic N) is 3. The van der Waals surface area contributed by atoms with Crippen LogP contribution in [-0.2, 0) is 4.74 Å². The summed E-state index contributed by atoms with van der Waals surface area (Å²) in [5.41, 5.74) is 2.41. The zero-order valence-corrected chi connectivity index (χ0v) is 20.7. The van der Waals surface area contributed by atoms with Gasteiger partial charge in [-0.05, 0) is 48.4 Å². The second-order valence-electron chi connectivity index (χ2n) is 8.51. The van der Waals surface area contributed by atoms with Gasteiger partial charge < -0.3 is 25.0 Å². The fourth-order valence-corrected chi connectivity index (χ4v) is 3.89. The maximum atomic E-state index is 13.2. The fraction of sp³-hybridized carbons (Fsp3) is 0.370. The van der Waals surface area contributed by atoms with Crippen molar-refractivity contribution in [3.05, 3.63) is 71.8 Å². The van der Waals surface area contributed by atoms with E-state index in [1.54, 1.807) is 47.4 Å². The van der Waals surface area contributed by atoms with E-state index in [9.17, 15) is 14.9 Å². The minimum Gasteiger partial charge on any atom is -0.492 e. The number of amides is 2. The number of anilines is 1. The van der Waals surface area contributed by atoms with Crippen molar-refractivity contribution in [2.75, 3.05) is 64.8 Å². The summed E-state index contributed by atoms with van der Waals surface area (Å²) >= 11 is 0. The molecule has 9 nitrogen and oxygen atoms in total. The number of carbonyl (C=O) groups is 2. The number of ether oxygens (including phenoxy) is 2. The Morgan fingerprint density at radius 1 is 1.17 bits per heavy atom. The molecule has 1 aliphatic heterocycles. The lowest BCUT2D eigenvalue weighted by molar-refractivity contribution is 0.0600. The van der Waals surface area contributed by atoms with E-state index in [1.165, 1.54) is 7.11 Å². The fourth-order valence-electron chi connectivity index (χ4n) is 3.89. The summed E-state index contributed by atoms with van der Waals surface area (Å²) in [6, 6.07) is 15.5. The van der Waals surface area contributed by atoms with Crippen LogP contribution in [0.1, 0.15) is 22.3 Å². The van der Waals surface area contributed by atoms with Crippen LogP contribution in [-0.4, -0.2) is 81.3 Å². The molecule has 0 spiro atoms. The molecule has 1 aliphatic rings. The molecule has 0 atom stereocenters. The number of para-hydroxylation sites is 1. The van der Waals surface area contributed by atoms with E-state index < -0.39 is 5.97 Å². The molecule has 2 N–H and O–H groups in total. The van der Waals surface area contributed by atoms with E-state index in [2.05, 4.69) is 28.2 Å². The lowest BCUT2D eigenvalue weighted by Gasteiger charge is -2.30. The Kier molecular flexibility index (Phi) is 10.3. The highest BCUT2D eigenvalue weighted by Crippen LogP contribution is 2.17. The van der Waals surface area contributed by atoms with Crippen molar-refractivity contribution in [1.82, 2.24) is 15.1 Å². The third kappa shape index (κ3) is 8.12. The van der Waals surface area contributed by atoms with Gasteiger partial charge in [-0.25, -0.2) is 9.59 Å². The van der Waals surface area contributed by atoms with Crippen molar-refractivity contribution in [2.45, 2.75) is 6.42 Å². The predicted octanol–water partition coefficient (Wildman–Crippen LogP) is 3.11. The predicted molar refractivity (Wildman–Crippen MR) is 138 cm³/mol. The number of hydrogen-bond acceptors (Lipinski definition) is 7. The number of esters is 1. The number of piperazine rings is 1. The Bertz CT molecular complexity index is 1070. The number of hydrogen-bond donors (Lipinski definition) is 2. The van der Waals surface area contributed by atoms with Crippen LogP contribution < -0.4 is 15.4 Å². The Balaban J connectivity index is 1.60. The molecule has 0 saturated carbocycles. The zero-order chi connectivity index (χ0) is 25.8. The van der Waals surface area contributed by atoms with Crippen LogP contribution in [0.4, 0.5) is 10.5 Å². The van der Waals surface area contributed by atoms with Crippen molar-refractivity contribution in [3.63, 3.8) is 0 Å². The van der Waals surface area contributed by atoms with Crippen molar-refractivity contribution >= 4 is 17.7 Å². The molecule has 9 heteroatoms. The molecule has 0 aromatic heterocycles. The van der Waals surface area contributed by atoms with Crippen molar-refractivity contribution in [2.24, 2.45) is 0 Å². The number of benzene rings is 2. The average Bonchev–Trinajstić information content (AvgIpc) is 2.91. The number of methoxy groups -OCH3 is 1. The SMILES string of the molecule is C=C(CN1CCNCC1)CN(CCCOc1ccccc1C#N)C(=O)Nc1ccc(C(=O)OC)cc1. The molecule has 1 fully saturated rings. The van der Waals surface area contributed by atoms with Gasteiger partial charge in [0.05, 0.1) is 24.8 Å². The summed E-state index contributed by atoms with van der Waals surface area (Å²) in [6.07, 6.45) is 0.579. The summed E-state index contributed by atoms with van der Waals surface area (Å²) in [5, 5.41) is 15.5. The highest BCUT2D eigenvalue weighted by Gasteiger charge is 2.18. The van der Waals surface area contributed by atoms with Crippen LogP contribution in [0.2, 0.25) is 0 Å². The smallest absolute Gasteiger partial charge is 0.337 e. The van der Waals surface area contributed by atoms with Crippen molar-refractivity contribution in [3.8, 4) is 11.8 Å². The zero-order valence-electron chi connectivity index (χ0n) is 20.7. The van der Waals surface area contributed by atoms with Crippen molar-refractivity contribution < 1.29 is 19.1 Å². The first-order valence-corrected chi connectivity index (χ1v) is 12.0. The summed E-state index contributed by atoms with van der Waals surface area (Å²) in [4.78, 5) is 28.8. The summed E-state index contributed by atoms with van der Waals surface area (Å²) < 4.78 is 10.5. The van der Waals surface area contributed by atoms with Gasteiger partial charge in [-0.1, -0.05) is 18.7 Å². The Morgan fingerprint density at radius 3 is 2.58 bits per heavy atom. The summed E-state index contributed by atoms with van der Waals surface area (Å²) in [6.45, 7) is 9.94. The molecule has 2 aromatic rings. The third-order valence-corrected chi connectivity index (χ3v) is 5.75. The minimum atomic E-state index is -0.434. The number of nitrogens with one attached hydrogen (secondary N) is 2. The topological polar surface area (TPSA) is 107 Å². The summed E-state index contributed by atoms with van der Waals surface area (Å²) in [5.74, 6) is 0.0986. The molecule has 36 heavy (non-hydrogen) atoms. The van der Waals surface area contributed by atoms with E-state index in [0.29, 0.717) is 48.7 Å². The molecule has 1 saturated heterocycles. The standard InChI is InChI=1S/C27H33N5O4/c1-21(19-31-15-12-29-13-16-31)20-32(14-5-17-36-25-7-4-3-6-23(25)18-28)27(34)30-24-10-8-22(9-11-24)26(33)35-2/h3-4,6-11,29H,1,5,12-17,19-20H2,2H3,(H,30,34). The van der Waals surface area contributed by atoms with E-state index >= 15 is 0 Å². The van der Waals surface area contributed by atoms with Gasteiger partial charge in [-0.3, -0.25) is 4.90 Å². The van der Waals surface area contributed by atoms with E-state index in [4.69, 9.17) is 9.47 Å². The highest BCUT2D eigenvalue weighted by molar-refractivity contribution is 5.92. The van der Waals surface area contributed by atoms with Gasteiger partial charge in [0, 0.05) is 51.5 Å². The van der Waals surface area contributed by atoms with Crippen LogP contribution >= 0.6 is 0 Å². The number of nitriles is 1. The quantitative estimate of drug-likeness (QED) is 0.283. The van der Waals surface area contributed by atoms with Gasteiger partial charge in [0.15, 0.2) is 0 Å². The Labute approximate surface area is 212 Å². The maximum absolute atomic E-state index is 13.2. The molecule has 0 bridgehead atoms. The average molecular weight is 492 g/mol. The van der Waals surface area contributed by atoms with Gasteiger partial charge in [0.25, 0.3) is 0 Å². The van der Waals surface area contributed by atoms with Crippen molar-refractivity contribution in [1.29, 1.82) is 5.26 Å². The maximum Gasteiger partial charge on any atom is 0.337 e. The van der Waals surface area contributed by atoms with E-state index in [1.807, 2.05) is 6.07 Å². The van der Waals surface area contributed by atoms with Gasteiger partial charge in [0.2, 0.25) is 0 Å². The Morgan fingerprint density at radius 2 is 1.89 bits per heavy atom. The monoisotopic (exact) mass is 491 g/mol. The van der Waals surface area contributed by atoms with Gasteiger partial charge in [-0.15, -0.1) is 0 Å². The number of urea groups is 1. The molecular weight excluding hydrogens is 458 g/mol. The highest BCUT2D eigenvalue weighted by atomic mass is 16.5. The second-order valence-corrected chi connectivity index (χ2v) is 8.51. The lowest BCUT2D eigenvalue weighted by atomic mass is 10.2. The first-order chi connectivity index (χ1) is 17.5. The van der Waals surface area contributed by atoms with Gasteiger partial charge in [0.1, 0.15) is 11.8 Å². The molecule has 0 radical (unpaired) electrons. The van der Waals surface area contributed by atoms with Crippen LogP contribution in [0.3, 0.4) is 0 Å². The first kappa shape index (κ1) is 26.7. The molecule has 3 rings (SSSR count). The van der Waals surface area contributed by atoms with E-state index in [-0.39, 0.29) is 6.03 Å². The molecule has 2 amide bonds. The molecule has 2 aromatic carbocycles. The molecule has 1 heterocycles. The Hall–Kier alpha value is -3.87. The third-order valence-electron chi connectivity index (χ3n) is 5.75. The summed E-state index contributed by atoms with van der Waals surface area (Å²) in [7, 11) is 1.33. The van der Waals surface area contributed by atoms with E-state index in [0.717, 1.165) is 38.3 Å². The van der Waals surface area contributed by atoms with Crippen LogP contribution in [0.25, 0.3) is 0 Å². The second kappa shape index (κ2) is 13.9. The largest absolute Gasteiger partial charge is 0.492 e. The van der Waals surface area contributed by atoms with Gasteiger partial charge >= 0.3 is 12.0 Å². The van der Waals surface area contributed by atoms with Crippen LogP contribution in [0.15, 0.2) is 60.7 Å². The minimum absolute atomic E-state index is 0.264. The number of rotatable bonds is 11. The molecule has 190 valence electrons. The normalized spacial score (nSPS) is 13.3. The molecule has 0 unspecified atom stereocenters. The number of carbonyl (C=O) groups excluding carboxylic acids is 2. The first-order valence-electron chi connectivity index (χ1n) is 12.0. The lowest BCUT2D eigenvalue weighted by Crippen LogP contribution is -2.45. The van der Waals surface area contributed by atoms with Crippen LogP contribution in [0.5, 0.6) is 5.75 Å².